The molecule has 0 unspecified atom stereocenters. The fourth-order valence-electron chi connectivity index (χ4n) is 1.77. The van der Waals surface area contributed by atoms with Crippen molar-refractivity contribution in [1.29, 1.82) is 0 Å². The summed E-state index contributed by atoms with van der Waals surface area (Å²) >= 11 is 0. The topological polar surface area (TPSA) is 74.6 Å². The average Bonchev–Trinajstić information content (AvgIpc) is 2.56. The summed E-state index contributed by atoms with van der Waals surface area (Å²) < 4.78 is 0. The number of hydrogen-bond donors (Lipinski definition) is 2. The summed E-state index contributed by atoms with van der Waals surface area (Å²) in [5.41, 5.74) is 1.32. The third kappa shape index (κ3) is 9.30. The second kappa shape index (κ2) is 11.8. The first kappa shape index (κ1) is 22.4. The molecule has 2 aromatic carbocycles. The monoisotopic (exact) mass is 379 g/mol. The van der Waals surface area contributed by atoms with Gasteiger partial charge in [0.05, 0.1) is 0 Å². The first-order valence-electron chi connectivity index (χ1n) is 7.33. The Bertz CT molecular complexity index is 669. The van der Waals surface area contributed by atoms with Crippen LogP contribution in [0.25, 0.3) is 11.5 Å². The van der Waals surface area contributed by atoms with Gasteiger partial charge in [0.15, 0.2) is 11.6 Å². The molecule has 0 saturated heterocycles. The molecule has 0 amide bonds. The van der Waals surface area contributed by atoms with Crippen molar-refractivity contribution < 1.29 is 36.9 Å². The molecule has 0 aliphatic carbocycles. The molecule has 0 atom stereocenters. The van der Waals surface area contributed by atoms with E-state index in [1.54, 1.807) is 48.5 Å². The number of aliphatic hydroxyl groups excluding tert-OH is 2. The van der Waals surface area contributed by atoms with E-state index in [1.165, 1.54) is 26.0 Å². The van der Waals surface area contributed by atoms with Crippen LogP contribution in [0.5, 0.6) is 0 Å². The Morgan fingerprint density at radius 1 is 0.680 bits per heavy atom. The van der Waals surface area contributed by atoms with Gasteiger partial charge in [0.25, 0.3) is 0 Å². The minimum absolute atomic E-state index is 0. The molecule has 0 saturated carbocycles. The number of aliphatic hydroxyl groups is 2. The first-order valence-corrected chi connectivity index (χ1v) is 7.33. The van der Waals surface area contributed by atoms with E-state index in [0.717, 1.165) is 0 Å². The van der Waals surface area contributed by atoms with Gasteiger partial charge in [0.1, 0.15) is 11.5 Å². The van der Waals surface area contributed by atoms with Crippen molar-refractivity contribution in [3.63, 3.8) is 0 Å². The second-order valence-electron chi connectivity index (χ2n) is 5.01. The van der Waals surface area contributed by atoms with Crippen LogP contribution < -0.4 is 0 Å². The summed E-state index contributed by atoms with van der Waals surface area (Å²) in [6.07, 6.45) is 2.41. The van der Waals surface area contributed by atoms with Crippen molar-refractivity contribution in [2.45, 2.75) is 13.8 Å². The van der Waals surface area contributed by atoms with Crippen molar-refractivity contribution in [2.24, 2.45) is 0 Å². The minimum Gasteiger partial charge on any atom is -0.507 e. The summed E-state index contributed by atoms with van der Waals surface area (Å²) in [6, 6.07) is 17.9. The van der Waals surface area contributed by atoms with Gasteiger partial charge < -0.3 is 10.2 Å². The molecule has 0 bridgehead atoms. The zero-order chi connectivity index (χ0) is 17.9. The van der Waals surface area contributed by atoms with Gasteiger partial charge in [-0.15, -0.1) is 0 Å². The molecule has 131 valence electrons. The molecule has 0 aromatic heterocycles. The van der Waals surface area contributed by atoms with Gasteiger partial charge in [-0.25, -0.2) is 0 Å². The third-order valence-corrected chi connectivity index (χ3v) is 2.82. The smallest absolute Gasteiger partial charge is 0.156 e. The van der Waals surface area contributed by atoms with Gasteiger partial charge in [-0.1, -0.05) is 60.7 Å². The molecule has 0 aliphatic heterocycles. The molecule has 5 heteroatoms. The molecule has 0 spiro atoms. The number of ketones is 2. The summed E-state index contributed by atoms with van der Waals surface area (Å²) in [4.78, 5) is 21.2. The van der Waals surface area contributed by atoms with Crippen LogP contribution in [0.3, 0.4) is 0 Å². The van der Waals surface area contributed by atoms with E-state index >= 15 is 0 Å². The van der Waals surface area contributed by atoms with Crippen LogP contribution in [0.15, 0.2) is 72.8 Å². The maximum Gasteiger partial charge on any atom is 0.156 e. The largest absolute Gasteiger partial charge is 0.507 e. The number of rotatable bonds is 4. The van der Waals surface area contributed by atoms with Gasteiger partial charge in [-0.05, 0) is 13.8 Å². The molecule has 4 nitrogen and oxygen atoms in total. The Morgan fingerprint density at radius 2 is 0.960 bits per heavy atom. The minimum atomic E-state index is -0.156. The van der Waals surface area contributed by atoms with Gasteiger partial charge in [-0.2, -0.15) is 0 Å². The maximum atomic E-state index is 10.6. The molecule has 2 aromatic rings. The van der Waals surface area contributed by atoms with E-state index in [2.05, 4.69) is 0 Å². The molecule has 25 heavy (non-hydrogen) atoms. The number of benzene rings is 2. The maximum absolute atomic E-state index is 10.6. The van der Waals surface area contributed by atoms with Crippen LogP contribution in [0.1, 0.15) is 25.0 Å². The van der Waals surface area contributed by atoms with E-state index in [-0.39, 0.29) is 40.2 Å². The standard InChI is InChI=1S/2C10H10O2.Mn/c2*1-8(11)7-10(12)9-5-3-2-4-6-9;/h2*2-7,12H,1H3;/b2*10-7-;. The molecule has 2 rings (SSSR count). The van der Waals surface area contributed by atoms with Gasteiger partial charge in [-0.3, -0.25) is 9.59 Å². The predicted octanol–water partition coefficient (Wildman–Crippen LogP) is 4.35. The average molecular weight is 379 g/mol. The number of hydrogen-bond acceptors (Lipinski definition) is 4. The van der Waals surface area contributed by atoms with Crippen molar-refractivity contribution in [1.82, 2.24) is 0 Å². The summed E-state index contributed by atoms with van der Waals surface area (Å²) in [5, 5.41) is 18.7. The Labute approximate surface area is 158 Å². The normalized spacial score (nSPS) is 10.8. The molecule has 0 fully saturated rings. The molecule has 1 radical (unpaired) electrons. The second-order valence-corrected chi connectivity index (χ2v) is 5.01. The van der Waals surface area contributed by atoms with Crippen molar-refractivity contribution in [2.75, 3.05) is 0 Å². The number of carbonyl (C=O) groups excluding carboxylic acids is 2. The molecule has 0 heterocycles. The van der Waals surface area contributed by atoms with E-state index < -0.39 is 0 Å². The van der Waals surface area contributed by atoms with E-state index in [9.17, 15) is 19.8 Å². The SMILES string of the molecule is CC(=O)/C=C(\O)c1ccccc1.CC(=O)/C=C(\O)c1ccccc1.[Mn]. The summed E-state index contributed by atoms with van der Waals surface area (Å²) in [6.45, 7) is 2.80. The Balaban J connectivity index is 0.000000443. The number of carbonyl (C=O) groups is 2. The predicted molar refractivity (Wildman–Crippen MR) is 95.5 cm³/mol. The quantitative estimate of drug-likeness (QED) is 0.471. The van der Waals surface area contributed by atoms with Gasteiger partial charge in [0.2, 0.25) is 0 Å². The van der Waals surface area contributed by atoms with E-state index in [0.29, 0.717) is 11.1 Å². The van der Waals surface area contributed by atoms with Crippen molar-refractivity contribution in [3.8, 4) is 0 Å². The Kier molecular flexibility index (Phi) is 10.6. The Hall–Kier alpha value is -2.62. The van der Waals surface area contributed by atoms with Gasteiger partial charge >= 0.3 is 0 Å². The van der Waals surface area contributed by atoms with Crippen LogP contribution in [-0.4, -0.2) is 21.8 Å². The van der Waals surface area contributed by atoms with Crippen LogP contribution in [0, 0.1) is 0 Å². The molecule has 0 aliphatic rings. The van der Waals surface area contributed by atoms with Crippen LogP contribution >= 0.6 is 0 Å². The fourth-order valence-corrected chi connectivity index (χ4v) is 1.77. The molecular weight excluding hydrogens is 359 g/mol. The van der Waals surface area contributed by atoms with Crippen LogP contribution in [0.2, 0.25) is 0 Å². The van der Waals surface area contributed by atoms with Crippen LogP contribution in [0.4, 0.5) is 0 Å². The molecular formula is C20H20MnO4. The van der Waals surface area contributed by atoms with E-state index in [4.69, 9.17) is 0 Å². The zero-order valence-corrected chi connectivity index (χ0v) is 15.2. The molecule has 2 N–H and O–H groups in total. The van der Waals surface area contributed by atoms with Crippen LogP contribution in [-0.2, 0) is 26.7 Å². The zero-order valence-electron chi connectivity index (χ0n) is 14.0. The Morgan fingerprint density at radius 3 is 1.20 bits per heavy atom. The van der Waals surface area contributed by atoms with Gasteiger partial charge in [0, 0.05) is 40.3 Å². The number of allylic oxidation sites excluding steroid dienone is 2. The summed E-state index contributed by atoms with van der Waals surface area (Å²) in [5.74, 6) is -0.279. The van der Waals surface area contributed by atoms with Crippen molar-refractivity contribution >= 4 is 23.1 Å². The summed E-state index contributed by atoms with van der Waals surface area (Å²) in [7, 11) is 0. The van der Waals surface area contributed by atoms with Crippen molar-refractivity contribution in [3.05, 3.63) is 83.9 Å². The first-order chi connectivity index (χ1) is 11.4. The third-order valence-electron chi connectivity index (χ3n) is 2.82. The van der Waals surface area contributed by atoms with E-state index in [1.807, 2.05) is 12.1 Å². The fraction of sp³-hybridized carbons (Fsp3) is 0.100.